The monoisotopic (exact) mass is 604 g/mol. The van der Waals surface area contributed by atoms with Gasteiger partial charge in [0.2, 0.25) is 10.0 Å². The van der Waals surface area contributed by atoms with E-state index in [0.29, 0.717) is 42.4 Å². The molecule has 0 spiro atoms. The minimum Gasteiger partial charge on any atom is -0.493 e. The number of fused-ring (bicyclic) bond motifs is 1. The second-order valence-electron chi connectivity index (χ2n) is 11.2. The molecule has 1 aliphatic heterocycles. The molecule has 0 aliphatic carbocycles. The van der Waals surface area contributed by atoms with Crippen molar-refractivity contribution < 1.29 is 22.7 Å². The van der Waals surface area contributed by atoms with Crippen LogP contribution in [0.25, 0.3) is 10.2 Å². The van der Waals surface area contributed by atoms with Gasteiger partial charge in [-0.3, -0.25) is 0 Å². The Labute approximate surface area is 249 Å². The third-order valence-corrected chi connectivity index (χ3v) is 9.24. The first-order valence-corrected chi connectivity index (χ1v) is 15.9. The lowest BCUT2D eigenvalue weighted by molar-refractivity contribution is -0.00780. The zero-order chi connectivity index (χ0) is 29.9. The lowest BCUT2D eigenvalue weighted by Crippen LogP contribution is -2.53. The summed E-state index contributed by atoms with van der Waals surface area (Å²) in [5.41, 5.74) is 1.53. The van der Waals surface area contributed by atoms with E-state index in [1.54, 1.807) is 53.4 Å². The minimum absolute atomic E-state index is 0.166. The van der Waals surface area contributed by atoms with Crippen LogP contribution in [0.3, 0.4) is 0 Å². The summed E-state index contributed by atoms with van der Waals surface area (Å²) < 4.78 is 41.7. The number of benzene rings is 3. The van der Waals surface area contributed by atoms with E-state index < -0.39 is 21.7 Å². The van der Waals surface area contributed by atoms with Gasteiger partial charge in [-0.2, -0.15) is 5.26 Å². The predicted molar refractivity (Wildman–Crippen MR) is 161 cm³/mol. The first-order chi connectivity index (χ1) is 20.0. The number of rotatable bonds is 9. The maximum atomic E-state index is 13.3. The summed E-state index contributed by atoms with van der Waals surface area (Å²) in [4.78, 5) is 18.8. The topological polar surface area (TPSA) is 122 Å². The summed E-state index contributed by atoms with van der Waals surface area (Å²) in [7, 11) is -3.83. The molecule has 5 rings (SSSR count). The number of amides is 1. The van der Waals surface area contributed by atoms with Crippen molar-refractivity contribution in [2.45, 2.75) is 43.7 Å². The van der Waals surface area contributed by atoms with Gasteiger partial charge >= 0.3 is 6.09 Å². The number of ether oxygens (including phenoxy) is 2. The fourth-order valence-electron chi connectivity index (χ4n) is 4.56. The third-order valence-electron chi connectivity index (χ3n) is 6.62. The highest BCUT2D eigenvalue weighted by Gasteiger charge is 2.34. The SMILES string of the molecule is CC(C)(C)OC(=O)N1CC(COc2ccc3nc(C(Cc4cccc(C#N)c4)NS(=O)(=O)c4ccccc4)sc3c2)C1. The highest BCUT2D eigenvalue weighted by Crippen LogP contribution is 2.32. The van der Waals surface area contributed by atoms with Crippen molar-refractivity contribution in [1.82, 2.24) is 14.6 Å². The van der Waals surface area contributed by atoms with E-state index >= 15 is 0 Å². The molecule has 1 fully saturated rings. The van der Waals surface area contributed by atoms with Gasteiger partial charge in [0.25, 0.3) is 0 Å². The molecule has 42 heavy (non-hydrogen) atoms. The van der Waals surface area contributed by atoms with E-state index in [1.165, 1.54) is 11.3 Å². The van der Waals surface area contributed by atoms with Crippen LogP contribution >= 0.6 is 11.3 Å². The summed E-state index contributed by atoms with van der Waals surface area (Å²) in [6.45, 7) is 7.16. The minimum atomic E-state index is -3.83. The Bertz CT molecular complexity index is 1720. The van der Waals surface area contributed by atoms with Crippen molar-refractivity contribution in [1.29, 1.82) is 5.26 Å². The number of carbonyl (C=O) groups excluding carboxylic acids is 1. The van der Waals surface area contributed by atoms with Crippen LogP contribution in [0.1, 0.15) is 42.9 Å². The maximum Gasteiger partial charge on any atom is 0.410 e. The molecule has 4 aromatic rings. The van der Waals surface area contributed by atoms with Crippen LogP contribution in [0.5, 0.6) is 5.75 Å². The highest BCUT2D eigenvalue weighted by molar-refractivity contribution is 7.89. The molecule has 1 amide bonds. The van der Waals surface area contributed by atoms with Crippen LogP contribution in [0.15, 0.2) is 77.7 Å². The molecule has 1 unspecified atom stereocenters. The summed E-state index contributed by atoms with van der Waals surface area (Å²) in [6.07, 6.45) is 0.00906. The fourth-order valence-corrected chi connectivity index (χ4v) is 6.91. The van der Waals surface area contributed by atoms with Crippen LogP contribution in [0.2, 0.25) is 0 Å². The second-order valence-corrected chi connectivity index (χ2v) is 14.0. The summed E-state index contributed by atoms with van der Waals surface area (Å²) in [5, 5.41) is 9.95. The number of likely N-dealkylation sites (tertiary alicyclic amines) is 1. The van der Waals surface area contributed by atoms with Crippen molar-refractivity contribution in [2.75, 3.05) is 19.7 Å². The van der Waals surface area contributed by atoms with E-state index in [0.717, 1.165) is 15.8 Å². The largest absolute Gasteiger partial charge is 0.493 e. The molecule has 1 aliphatic rings. The zero-order valence-electron chi connectivity index (χ0n) is 23.6. The molecule has 0 radical (unpaired) electrons. The molecule has 11 heteroatoms. The fraction of sp³-hybridized carbons (Fsp3) is 0.323. The lowest BCUT2D eigenvalue weighted by atomic mass is 10.0. The molecule has 3 aromatic carbocycles. The molecule has 2 heterocycles. The van der Waals surface area contributed by atoms with Crippen molar-refractivity contribution >= 4 is 37.7 Å². The first-order valence-electron chi connectivity index (χ1n) is 13.6. The van der Waals surface area contributed by atoms with Gasteiger partial charge in [0.1, 0.15) is 16.4 Å². The van der Waals surface area contributed by atoms with Gasteiger partial charge < -0.3 is 14.4 Å². The zero-order valence-corrected chi connectivity index (χ0v) is 25.2. The van der Waals surface area contributed by atoms with E-state index in [4.69, 9.17) is 14.5 Å². The van der Waals surface area contributed by atoms with Gasteiger partial charge in [0.05, 0.1) is 39.4 Å². The molecule has 0 bridgehead atoms. The Morgan fingerprint density at radius 3 is 2.60 bits per heavy atom. The van der Waals surface area contributed by atoms with Crippen LogP contribution < -0.4 is 9.46 Å². The smallest absolute Gasteiger partial charge is 0.410 e. The third kappa shape index (κ3) is 7.26. The average Bonchev–Trinajstić information content (AvgIpc) is 3.35. The average molecular weight is 605 g/mol. The molecule has 218 valence electrons. The van der Waals surface area contributed by atoms with Crippen molar-refractivity contribution in [3.05, 3.63) is 88.9 Å². The number of nitriles is 1. The molecular weight excluding hydrogens is 572 g/mol. The van der Waals surface area contributed by atoms with Gasteiger partial charge in [-0.15, -0.1) is 11.3 Å². The number of carbonyl (C=O) groups is 1. The summed E-state index contributed by atoms with van der Waals surface area (Å²) in [5.74, 6) is 0.891. The Morgan fingerprint density at radius 2 is 1.88 bits per heavy atom. The molecule has 1 saturated heterocycles. The molecule has 1 aromatic heterocycles. The molecule has 1 atom stereocenters. The van der Waals surface area contributed by atoms with E-state index in [2.05, 4.69) is 10.8 Å². The number of aromatic nitrogens is 1. The summed E-state index contributed by atoms with van der Waals surface area (Å²) in [6, 6.07) is 22.4. The number of hydrogen-bond donors (Lipinski definition) is 1. The maximum absolute atomic E-state index is 13.3. The molecule has 0 saturated carbocycles. The molecular formula is C31H32N4O5S2. The first kappa shape index (κ1) is 29.5. The van der Waals surface area contributed by atoms with Gasteiger partial charge in [-0.05, 0) is 75.2 Å². The normalized spacial score (nSPS) is 14.7. The van der Waals surface area contributed by atoms with Crippen molar-refractivity contribution in [3.63, 3.8) is 0 Å². The number of nitrogens with one attached hydrogen (secondary N) is 1. The number of hydrogen-bond acceptors (Lipinski definition) is 8. The molecule has 9 nitrogen and oxygen atoms in total. The van der Waals surface area contributed by atoms with Crippen LogP contribution in [0, 0.1) is 17.2 Å². The van der Waals surface area contributed by atoms with E-state index in [-0.39, 0.29) is 16.9 Å². The van der Waals surface area contributed by atoms with Crippen molar-refractivity contribution in [2.24, 2.45) is 5.92 Å². The highest BCUT2D eigenvalue weighted by atomic mass is 32.2. The van der Waals surface area contributed by atoms with Gasteiger partial charge in [-0.1, -0.05) is 30.3 Å². The standard InChI is InChI=1S/C31H32N4O5S2/c1-31(2,3)40-30(36)35-18-23(19-35)20-39-24-12-13-26-28(16-24)41-29(33-26)27(15-21-8-7-9-22(14-21)17-32)34-42(37,38)25-10-5-4-6-11-25/h4-14,16,23,27,34H,15,18-20H2,1-3H3. The quantitative estimate of drug-likeness (QED) is 0.261. The Morgan fingerprint density at radius 1 is 1.12 bits per heavy atom. The predicted octanol–water partition coefficient (Wildman–Crippen LogP) is 5.68. The van der Waals surface area contributed by atoms with E-state index in [9.17, 15) is 18.5 Å². The van der Waals surface area contributed by atoms with Crippen molar-refractivity contribution in [3.8, 4) is 11.8 Å². The molecule has 1 N–H and O–H groups in total. The second kappa shape index (κ2) is 12.1. The van der Waals surface area contributed by atoms with Crippen LogP contribution in [-0.2, 0) is 21.2 Å². The Kier molecular flexibility index (Phi) is 8.50. The van der Waals surface area contributed by atoms with E-state index in [1.807, 2.05) is 45.0 Å². The van der Waals surface area contributed by atoms with Gasteiger partial charge in [0, 0.05) is 19.0 Å². The number of thiazole rings is 1. The Hall–Kier alpha value is -3.98. The van der Waals surface area contributed by atoms with Gasteiger partial charge in [0.15, 0.2) is 0 Å². The number of nitrogens with zero attached hydrogens (tertiary/aromatic N) is 3. The van der Waals surface area contributed by atoms with Gasteiger partial charge in [-0.25, -0.2) is 22.9 Å². The Balaban J connectivity index is 1.31. The van der Waals surface area contributed by atoms with Crippen LogP contribution in [0.4, 0.5) is 4.79 Å². The summed E-state index contributed by atoms with van der Waals surface area (Å²) >= 11 is 1.40. The lowest BCUT2D eigenvalue weighted by Gasteiger charge is -2.39. The van der Waals surface area contributed by atoms with Crippen LogP contribution in [-0.4, -0.2) is 49.7 Å². The number of sulfonamides is 1.